The Labute approximate surface area is 151 Å². The molecule has 0 aliphatic carbocycles. The van der Waals surface area contributed by atoms with Gasteiger partial charge in [-0.25, -0.2) is 9.97 Å². The van der Waals surface area contributed by atoms with Crippen LogP contribution < -0.4 is 4.74 Å². The summed E-state index contributed by atoms with van der Waals surface area (Å²) >= 11 is 0. The van der Waals surface area contributed by atoms with Crippen LogP contribution in [0.15, 0.2) is 36.9 Å². The molecule has 0 aromatic carbocycles. The molecule has 2 aliphatic heterocycles. The molecule has 2 aliphatic rings. The maximum atomic E-state index is 12.5. The Morgan fingerprint density at radius 2 is 1.92 bits per heavy atom. The fourth-order valence-electron chi connectivity index (χ4n) is 3.10. The third kappa shape index (κ3) is 3.66. The lowest BCUT2D eigenvalue weighted by Crippen LogP contribution is -2.33. The number of carbonyl (C=O) groups is 1. The monoisotopic (exact) mass is 356 g/mol. The summed E-state index contributed by atoms with van der Waals surface area (Å²) in [5, 5.41) is 0. The highest BCUT2D eigenvalue weighted by atomic mass is 16.6. The van der Waals surface area contributed by atoms with Gasteiger partial charge in [-0.1, -0.05) is 0 Å². The molecule has 4 rings (SSSR count). The first kappa shape index (κ1) is 16.9. The molecule has 2 atom stereocenters. The number of ether oxygens (including phenoxy) is 3. The Kier molecular flexibility index (Phi) is 4.77. The average Bonchev–Trinajstić information content (AvgIpc) is 3.00. The number of rotatable bonds is 3. The molecule has 0 bridgehead atoms. The van der Waals surface area contributed by atoms with Crippen LogP contribution in [0.2, 0.25) is 0 Å². The van der Waals surface area contributed by atoms with Crippen LogP contribution in [0.4, 0.5) is 0 Å². The second kappa shape index (κ2) is 7.35. The van der Waals surface area contributed by atoms with Crippen LogP contribution in [0.5, 0.6) is 5.75 Å². The highest BCUT2D eigenvalue weighted by Crippen LogP contribution is 2.23. The van der Waals surface area contributed by atoms with Gasteiger partial charge in [0.2, 0.25) is 0 Å². The molecule has 2 aromatic heterocycles. The van der Waals surface area contributed by atoms with Gasteiger partial charge in [0.05, 0.1) is 19.4 Å². The molecular formula is C18H20N4O4. The van der Waals surface area contributed by atoms with Crippen molar-refractivity contribution < 1.29 is 19.0 Å². The molecule has 0 unspecified atom stereocenters. The van der Waals surface area contributed by atoms with E-state index in [2.05, 4.69) is 15.0 Å². The summed E-state index contributed by atoms with van der Waals surface area (Å²) in [6.45, 7) is 3.70. The maximum Gasteiger partial charge on any atom is 0.272 e. The molecule has 2 aromatic rings. The summed E-state index contributed by atoms with van der Waals surface area (Å²) in [4.78, 5) is 26.3. The van der Waals surface area contributed by atoms with Gasteiger partial charge in [-0.15, -0.1) is 0 Å². The SMILES string of the molecule is Cc1ccc(OC2CO[C@H]3CN(C(=O)c4ccncn4)C[C@@H]3OC2)cn1. The van der Waals surface area contributed by atoms with Gasteiger partial charge in [0, 0.05) is 25.0 Å². The zero-order chi connectivity index (χ0) is 17.9. The number of nitrogens with zero attached hydrogens (tertiary/aromatic N) is 4. The lowest BCUT2D eigenvalue weighted by Gasteiger charge is -2.19. The second-order valence-corrected chi connectivity index (χ2v) is 6.42. The number of pyridine rings is 1. The standard InChI is InChI=1S/C18H20N4O4/c1-12-2-3-13(6-20-12)26-14-9-24-16-7-22(8-17(16)25-10-14)18(23)15-4-5-19-11-21-15/h2-6,11,14,16-17H,7-10H2,1H3/t16-,17-/m0/s1. The quantitative estimate of drug-likeness (QED) is 0.806. The van der Waals surface area contributed by atoms with Crippen molar-refractivity contribution >= 4 is 5.91 Å². The molecule has 2 saturated heterocycles. The van der Waals surface area contributed by atoms with E-state index >= 15 is 0 Å². The van der Waals surface area contributed by atoms with Crippen LogP contribution in [-0.4, -0.2) is 70.4 Å². The number of likely N-dealkylation sites (tertiary alicyclic amines) is 1. The molecule has 0 spiro atoms. The lowest BCUT2D eigenvalue weighted by atomic mass is 10.3. The van der Waals surface area contributed by atoms with Gasteiger partial charge in [0.15, 0.2) is 0 Å². The van der Waals surface area contributed by atoms with E-state index in [1.54, 1.807) is 23.4 Å². The maximum absolute atomic E-state index is 12.5. The lowest BCUT2D eigenvalue weighted by molar-refractivity contribution is -0.00461. The number of fused-ring (bicyclic) bond motifs is 1. The van der Waals surface area contributed by atoms with Crippen molar-refractivity contribution in [2.24, 2.45) is 0 Å². The van der Waals surface area contributed by atoms with Crippen molar-refractivity contribution in [1.29, 1.82) is 0 Å². The van der Waals surface area contributed by atoms with E-state index in [1.807, 2.05) is 19.1 Å². The van der Waals surface area contributed by atoms with E-state index in [-0.39, 0.29) is 24.2 Å². The van der Waals surface area contributed by atoms with Gasteiger partial charge < -0.3 is 19.1 Å². The Hall–Kier alpha value is -2.58. The fraction of sp³-hybridized carbons (Fsp3) is 0.444. The number of hydrogen-bond acceptors (Lipinski definition) is 7. The summed E-state index contributed by atoms with van der Waals surface area (Å²) in [7, 11) is 0. The Bertz CT molecular complexity index is 740. The Balaban J connectivity index is 1.34. The van der Waals surface area contributed by atoms with Crippen LogP contribution in [0.3, 0.4) is 0 Å². The zero-order valence-electron chi connectivity index (χ0n) is 14.4. The molecular weight excluding hydrogens is 336 g/mol. The number of carbonyl (C=O) groups excluding carboxylic acids is 1. The summed E-state index contributed by atoms with van der Waals surface area (Å²) in [6, 6.07) is 5.40. The van der Waals surface area contributed by atoms with E-state index in [4.69, 9.17) is 14.2 Å². The first-order valence-corrected chi connectivity index (χ1v) is 8.57. The molecule has 8 heteroatoms. The van der Waals surface area contributed by atoms with Crippen molar-refractivity contribution in [1.82, 2.24) is 19.9 Å². The number of aryl methyl sites for hydroxylation is 1. The predicted octanol–water partition coefficient (Wildman–Crippen LogP) is 0.867. The molecule has 4 heterocycles. The minimum Gasteiger partial charge on any atom is -0.484 e. The summed E-state index contributed by atoms with van der Waals surface area (Å²) < 4.78 is 17.8. The third-order valence-corrected chi connectivity index (χ3v) is 4.48. The van der Waals surface area contributed by atoms with Crippen LogP contribution in [0.1, 0.15) is 16.2 Å². The minimum atomic E-state index is -0.198. The normalized spacial score (nSPS) is 23.3. The molecule has 8 nitrogen and oxygen atoms in total. The van der Waals surface area contributed by atoms with Crippen molar-refractivity contribution in [2.45, 2.75) is 25.2 Å². The van der Waals surface area contributed by atoms with Crippen LogP contribution in [0.25, 0.3) is 0 Å². The van der Waals surface area contributed by atoms with E-state index in [9.17, 15) is 4.79 Å². The smallest absolute Gasteiger partial charge is 0.272 e. The topological polar surface area (TPSA) is 86.7 Å². The number of hydrogen-bond donors (Lipinski definition) is 0. The molecule has 136 valence electrons. The Morgan fingerprint density at radius 3 is 2.54 bits per heavy atom. The van der Waals surface area contributed by atoms with Crippen LogP contribution >= 0.6 is 0 Å². The summed E-state index contributed by atoms with van der Waals surface area (Å²) in [5.41, 5.74) is 1.32. The van der Waals surface area contributed by atoms with Gasteiger partial charge in [-0.05, 0) is 25.1 Å². The minimum absolute atomic E-state index is 0.133. The highest BCUT2D eigenvalue weighted by molar-refractivity contribution is 5.92. The van der Waals surface area contributed by atoms with E-state index in [0.29, 0.717) is 37.7 Å². The van der Waals surface area contributed by atoms with Gasteiger partial charge in [-0.3, -0.25) is 9.78 Å². The molecule has 0 radical (unpaired) electrons. The molecule has 2 fully saturated rings. The third-order valence-electron chi connectivity index (χ3n) is 4.48. The number of amides is 1. The van der Waals surface area contributed by atoms with Crippen molar-refractivity contribution in [3.05, 3.63) is 48.3 Å². The van der Waals surface area contributed by atoms with Crippen LogP contribution in [0, 0.1) is 6.92 Å². The summed E-state index contributed by atoms with van der Waals surface area (Å²) in [5.74, 6) is 0.562. The molecule has 1 amide bonds. The molecule has 26 heavy (non-hydrogen) atoms. The van der Waals surface area contributed by atoms with E-state index < -0.39 is 0 Å². The first-order valence-electron chi connectivity index (χ1n) is 8.57. The molecule has 0 N–H and O–H groups in total. The van der Waals surface area contributed by atoms with Crippen molar-refractivity contribution in [2.75, 3.05) is 26.3 Å². The highest BCUT2D eigenvalue weighted by Gasteiger charge is 2.40. The van der Waals surface area contributed by atoms with Crippen molar-refractivity contribution in [3.63, 3.8) is 0 Å². The van der Waals surface area contributed by atoms with Gasteiger partial charge in [-0.2, -0.15) is 0 Å². The van der Waals surface area contributed by atoms with Crippen molar-refractivity contribution in [3.8, 4) is 5.75 Å². The van der Waals surface area contributed by atoms with Gasteiger partial charge in [0.25, 0.3) is 5.91 Å². The fourth-order valence-corrected chi connectivity index (χ4v) is 3.10. The molecule has 0 saturated carbocycles. The van der Waals surface area contributed by atoms with E-state index in [0.717, 1.165) is 5.69 Å². The summed E-state index contributed by atoms with van der Waals surface area (Å²) in [6.07, 6.45) is 4.11. The first-order chi connectivity index (χ1) is 12.7. The Morgan fingerprint density at radius 1 is 1.15 bits per heavy atom. The average molecular weight is 356 g/mol. The predicted molar refractivity (Wildman–Crippen MR) is 90.8 cm³/mol. The van der Waals surface area contributed by atoms with Crippen LogP contribution in [-0.2, 0) is 9.47 Å². The van der Waals surface area contributed by atoms with E-state index in [1.165, 1.54) is 6.33 Å². The van der Waals surface area contributed by atoms with Gasteiger partial charge >= 0.3 is 0 Å². The number of aromatic nitrogens is 3. The zero-order valence-corrected chi connectivity index (χ0v) is 14.4. The van der Waals surface area contributed by atoms with Gasteiger partial charge in [0.1, 0.15) is 36.1 Å². The second-order valence-electron chi connectivity index (χ2n) is 6.42. The largest absolute Gasteiger partial charge is 0.484 e.